The zero-order valence-corrected chi connectivity index (χ0v) is 13.7. The van der Waals surface area contributed by atoms with Gasteiger partial charge in [0.05, 0.1) is 0 Å². The maximum Gasteiger partial charge on any atom is 0.457 e. The van der Waals surface area contributed by atoms with Crippen molar-refractivity contribution in [3.8, 4) is 0 Å². The van der Waals surface area contributed by atoms with Gasteiger partial charge < -0.3 is 4.90 Å². The van der Waals surface area contributed by atoms with Gasteiger partial charge in [0, 0.05) is 25.0 Å². The minimum Gasteiger partial charge on any atom is -0.336 e. The molecule has 3 unspecified atom stereocenters. The van der Waals surface area contributed by atoms with Gasteiger partial charge in [0.25, 0.3) is 0 Å². The zero-order chi connectivity index (χ0) is 17.3. The van der Waals surface area contributed by atoms with Crippen molar-refractivity contribution in [1.29, 1.82) is 0 Å². The Labute approximate surface area is 137 Å². The third-order valence-electron chi connectivity index (χ3n) is 4.29. The van der Waals surface area contributed by atoms with Crippen LogP contribution >= 0.6 is 11.9 Å². The standard InChI is InChI=1S/C12H17F5N2O2S2/c13-11(14,23(21)18-22-12(15,16)17)10(20)19-6-5-8-3-1-2-4-9(8)7-19/h8-9,18H,1-7H2. The highest BCUT2D eigenvalue weighted by Gasteiger charge is 2.51. The van der Waals surface area contributed by atoms with Crippen LogP contribution in [0.5, 0.6) is 0 Å². The summed E-state index contributed by atoms with van der Waals surface area (Å²) in [6, 6.07) is 0. The second kappa shape index (κ2) is 7.22. The Morgan fingerprint density at radius 2 is 1.70 bits per heavy atom. The monoisotopic (exact) mass is 380 g/mol. The van der Waals surface area contributed by atoms with Crippen molar-refractivity contribution in [2.45, 2.75) is 42.9 Å². The number of carbonyl (C=O) groups excluding carboxylic acids is 1. The second-order valence-electron chi connectivity index (χ2n) is 5.76. The highest BCUT2D eigenvalue weighted by atomic mass is 32.2. The summed E-state index contributed by atoms with van der Waals surface area (Å²) in [5.74, 6) is -1.12. The smallest absolute Gasteiger partial charge is 0.336 e. The van der Waals surface area contributed by atoms with Crippen LogP contribution in [0.1, 0.15) is 32.1 Å². The number of rotatable bonds is 4. The van der Waals surface area contributed by atoms with Crippen LogP contribution in [0.25, 0.3) is 0 Å². The fourth-order valence-electron chi connectivity index (χ4n) is 3.19. The van der Waals surface area contributed by atoms with Gasteiger partial charge >= 0.3 is 16.7 Å². The molecule has 0 bridgehead atoms. The molecule has 4 nitrogen and oxygen atoms in total. The van der Waals surface area contributed by atoms with Gasteiger partial charge in [0.15, 0.2) is 11.0 Å². The summed E-state index contributed by atoms with van der Waals surface area (Å²) in [7, 11) is -3.45. The van der Waals surface area contributed by atoms with Gasteiger partial charge in [-0.3, -0.25) is 4.79 Å². The lowest BCUT2D eigenvalue weighted by Crippen LogP contribution is -2.53. The van der Waals surface area contributed by atoms with Crippen LogP contribution in [-0.2, 0) is 15.8 Å². The van der Waals surface area contributed by atoms with Crippen LogP contribution in [-0.4, -0.2) is 38.9 Å². The van der Waals surface area contributed by atoms with Gasteiger partial charge in [-0.1, -0.05) is 19.3 Å². The van der Waals surface area contributed by atoms with E-state index in [9.17, 15) is 31.0 Å². The molecule has 1 saturated carbocycles. The van der Waals surface area contributed by atoms with Gasteiger partial charge in [-0.2, -0.15) is 26.1 Å². The molecule has 0 aromatic rings. The van der Waals surface area contributed by atoms with E-state index in [0.29, 0.717) is 12.3 Å². The molecule has 0 radical (unpaired) electrons. The number of piperidine rings is 1. The number of likely N-dealkylation sites (tertiary alicyclic amines) is 1. The average Bonchev–Trinajstić information content (AvgIpc) is 2.50. The molecule has 2 aliphatic rings. The predicted octanol–water partition coefficient (Wildman–Crippen LogP) is 3.04. The van der Waals surface area contributed by atoms with Gasteiger partial charge in [0.2, 0.25) is 0 Å². The number of fused-ring (bicyclic) bond motifs is 1. The number of alkyl halides is 5. The van der Waals surface area contributed by atoms with E-state index in [2.05, 4.69) is 0 Å². The number of nitrogens with one attached hydrogen (secondary N) is 1. The molecule has 1 saturated heterocycles. The van der Waals surface area contributed by atoms with Gasteiger partial charge in [-0.25, -0.2) is 4.21 Å². The van der Waals surface area contributed by atoms with Crippen LogP contribution in [0.2, 0.25) is 0 Å². The first-order chi connectivity index (χ1) is 10.6. The molecular formula is C12H17F5N2O2S2. The SMILES string of the molecule is O=C(N1CCC2CCCCC2C1)C(F)(F)S(=O)NSC(F)(F)F. The van der Waals surface area contributed by atoms with Crippen molar-refractivity contribution >= 4 is 28.8 Å². The third-order valence-corrected chi connectivity index (χ3v) is 6.10. The molecule has 2 rings (SSSR count). The van der Waals surface area contributed by atoms with E-state index in [1.54, 1.807) is 0 Å². The Bertz CT molecular complexity index is 475. The largest absolute Gasteiger partial charge is 0.457 e. The van der Waals surface area contributed by atoms with E-state index in [0.717, 1.165) is 34.7 Å². The van der Waals surface area contributed by atoms with Gasteiger partial charge in [-0.15, -0.1) is 0 Å². The van der Waals surface area contributed by atoms with Crippen LogP contribution in [0.15, 0.2) is 0 Å². The van der Waals surface area contributed by atoms with Crippen LogP contribution in [0.3, 0.4) is 0 Å². The Morgan fingerprint density at radius 3 is 2.30 bits per heavy atom. The van der Waals surface area contributed by atoms with E-state index < -0.39 is 39.6 Å². The molecule has 0 spiro atoms. The number of hydrogen-bond acceptors (Lipinski definition) is 3. The molecule has 2 fully saturated rings. The lowest BCUT2D eigenvalue weighted by Gasteiger charge is -2.41. The number of amides is 1. The Morgan fingerprint density at radius 1 is 1.09 bits per heavy atom. The summed E-state index contributed by atoms with van der Waals surface area (Å²) >= 11 is -1.05. The van der Waals surface area contributed by atoms with E-state index in [1.807, 2.05) is 0 Å². The first-order valence-corrected chi connectivity index (χ1v) is 9.17. The minimum atomic E-state index is -4.87. The first kappa shape index (κ1) is 18.9. The number of halogens is 5. The average molecular weight is 380 g/mol. The number of carbonyl (C=O) groups is 1. The summed E-state index contributed by atoms with van der Waals surface area (Å²) in [6.07, 6.45) is 4.54. The summed E-state index contributed by atoms with van der Waals surface area (Å²) in [6.45, 7) is 0.280. The predicted molar refractivity (Wildman–Crippen MR) is 76.5 cm³/mol. The molecule has 11 heteroatoms. The molecule has 1 amide bonds. The van der Waals surface area contributed by atoms with E-state index in [4.69, 9.17) is 0 Å². The fourth-order valence-corrected chi connectivity index (χ4v) is 4.57. The molecular weight excluding hydrogens is 363 g/mol. The van der Waals surface area contributed by atoms with Crippen molar-refractivity contribution < 1.29 is 31.0 Å². The summed E-state index contributed by atoms with van der Waals surface area (Å²) < 4.78 is 76.1. The first-order valence-electron chi connectivity index (χ1n) is 7.20. The van der Waals surface area contributed by atoms with Crippen molar-refractivity contribution in [3.05, 3.63) is 0 Å². The molecule has 1 aliphatic carbocycles. The lowest BCUT2D eigenvalue weighted by molar-refractivity contribution is -0.149. The molecule has 0 aromatic carbocycles. The quantitative estimate of drug-likeness (QED) is 0.603. The zero-order valence-electron chi connectivity index (χ0n) is 12.1. The summed E-state index contributed by atoms with van der Waals surface area (Å²) in [5, 5.41) is -4.39. The van der Waals surface area contributed by atoms with Gasteiger partial charge in [-0.05, 0) is 24.7 Å². The molecule has 1 N–H and O–H groups in total. The van der Waals surface area contributed by atoms with E-state index in [1.165, 1.54) is 0 Å². The molecule has 0 aromatic heterocycles. The van der Waals surface area contributed by atoms with Crippen molar-refractivity contribution in [1.82, 2.24) is 9.03 Å². The maximum absolute atomic E-state index is 13.9. The summed E-state index contributed by atoms with van der Waals surface area (Å²) in [4.78, 5) is 12.8. The Hall–Kier alpha value is -0.420. The third kappa shape index (κ3) is 4.79. The molecule has 1 aliphatic heterocycles. The highest BCUT2D eigenvalue weighted by Crippen LogP contribution is 2.37. The van der Waals surface area contributed by atoms with Gasteiger partial charge in [0.1, 0.15) is 0 Å². The fraction of sp³-hybridized carbons (Fsp3) is 0.917. The van der Waals surface area contributed by atoms with Crippen molar-refractivity contribution in [3.63, 3.8) is 0 Å². The second-order valence-corrected chi connectivity index (χ2v) is 8.14. The number of hydrogen-bond donors (Lipinski definition) is 1. The molecule has 134 valence electrons. The van der Waals surface area contributed by atoms with Crippen molar-refractivity contribution in [2.24, 2.45) is 11.8 Å². The number of nitrogens with zero attached hydrogens (tertiary/aromatic N) is 1. The maximum atomic E-state index is 13.9. The lowest BCUT2D eigenvalue weighted by atomic mass is 9.75. The van der Waals surface area contributed by atoms with Crippen LogP contribution in [0.4, 0.5) is 22.0 Å². The van der Waals surface area contributed by atoms with Crippen LogP contribution in [0, 0.1) is 11.8 Å². The molecule has 23 heavy (non-hydrogen) atoms. The molecule has 3 atom stereocenters. The van der Waals surface area contributed by atoms with Crippen LogP contribution < -0.4 is 4.13 Å². The minimum absolute atomic E-state index is 0.124. The Balaban J connectivity index is 1.96. The topological polar surface area (TPSA) is 49.4 Å². The molecule has 1 heterocycles. The normalized spacial score (nSPS) is 27.4. The Kier molecular flexibility index (Phi) is 5.94. The van der Waals surface area contributed by atoms with Crippen molar-refractivity contribution in [2.75, 3.05) is 13.1 Å². The van der Waals surface area contributed by atoms with E-state index >= 15 is 0 Å². The summed E-state index contributed by atoms with van der Waals surface area (Å²) in [5.41, 5.74) is -4.87. The van der Waals surface area contributed by atoms with E-state index in [-0.39, 0.29) is 19.0 Å². The highest BCUT2D eigenvalue weighted by molar-refractivity contribution is 8.08.